The first-order valence-electron chi connectivity index (χ1n) is 15.2. The van der Waals surface area contributed by atoms with Gasteiger partial charge in [-0.05, 0) is 99.2 Å². The lowest BCUT2D eigenvalue weighted by Crippen LogP contribution is -2.20. The minimum absolute atomic E-state index is 0.0837. The molecule has 260 valence electrons. The van der Waals surface area contributed by atoms with Crippen LogP contribution in [-0.2, 0) is 38.1 Å². The van der Waals surface area contributed by atoms with E-state index in [0.29, 0.717) is 37.7 Å². The first kappa shape index (κ1) is 37.5. The van der Waals surface area contributed by atoms with E-state index < -0.39 is 36.1 Å². The van der Waals surface area contributed by atoms with Gasteiger partial charge in [0.2, 0.25) is 0 Å². The number of esters is 3. The molecule has 2 aromatic rings. The number of unbranched alkanes of at least 4 members (excludes halogenated alkanes) is 2. The van der Waals surface area contributed by atoms with Crippen LogP contribution in [-0.4, -0.2) is 63.1 Å². The number of hydrogen-bond donors (Lipinski definition) is 0. The van der Waals surface area contributed by atoms with Crippen molar-refractivity contribution >= 4 is 36.7 Å². The van der Waals surface area contributed by atoms with Crippen LogP contribution in [0.5, 0.6) is 17.2 Å². The van der Waals surface area contributed by atoms with E-state index in [2.05, 4.69) is 11.3 Å². The molecule has 0 aromatic heterocycles. The first-order chi connectivity index (χ1) is 23.7. The van der Waals surface area contributed by atoms with Crippen molar-refractivity contribution in [2.75, 3.05) is 26.4 Å². The molecule has 0 aliphatic heterocycles. The SMILES string of the molecule is C=CC(=O)OCCCCOC(=O)OC1=CCC(C(=O)Oc2ccc(OC(=O)c3ccc(OC(=O)OCCCCOC=O)cc3)c(C)c2)C=C1. The maximum absolute atomic E-state index is 12.7. The lowest BCUT2D eigenvalue weighted by atomic mass is 10.0. The highest BCUT2D eigenvalue weighted by Gasteiger charge is 2.22. The predicted molar refractivity (Wildman–Crippen MR) is 170 cm³/mol. The summed E-state index contributed by atoms with van der Waals surface area (Å²) < 4.78 is 40.5. The Morgan fingerprint density at radius 2 is 1.41 bits per heavy atom. The lowest BCUT2D eigenvalue weighted by molar-refractivity contribution is -0.138. The van der Waals surface area contributed by atoms with E-state index in [0.717, 1.165) is 6.08 Å². The van der Waals surface area contributed by atoms with Crippen molar-refractivity contribution in [3.63, 3.8) is 0 Å². The summed E-state index contributed by atoms with van der Waals surface area (Å²) in [7, 11) is 0. The predicted octanol–water partition coefficient (Wildman–Crippen LogP) is 5.71. The summed E-state index contributed by atoms with van der Waals surface area (Å²) in [4.78, 5) is 70.2. The van der Waals surface area contributed by atoms with Crippen molar-refractivity contribution < 1.29 is 66.7 Å². The Bertz CT molecular complexity index is 1540. The van der Waals surface area contributed by atoms with E-state index in [9.17, 15) is 28.8 Å². The summed E-state index contributed by atoms with van der Waals surface area (Å²) in [6, 6.07) is 10.2. The standard InChI is InChI=1S/C35H36O14/c1-3-31(37)43-19-6-7-21-45-35(41)47-27-12-8-25(9-13-27)32(38)46-29-16-17-30(24(2)22-29)49-33(39)26-10-14-28(15-11-26)48-34(40)44-20-5-4-18-42-23-36/h3,8,10-17,22-23,25H,1,4-7,9,18-21H2,2H3. The molecule has 0 fully saturated rings. The summed E-state index contributed by atoms with van der Waals surface area (Å²) in [5, 5.41) is 0. The average molecular weight is 681 g/mol. The van der Waals surface area contributed by atoms with E-state index in [1.54, 1.807) is 25.1 Å². The normalized spacial score (nSPS) is 13.2. The van der Waals surface area contributed by atoms with Gasteiger partial charge in [-0.15, -0.1) is 0 Å². The van der Waals surface area contributed by atoms with Gasteiger partial charge in [0, 0.05) is 6.08 Å². The van der Waals surface area contributed by atoms with Crippen LogP contribution in [0.25, 0.3) is 0 Å². The van der Waals surface area contributed by atoms with Gasteiger partial charge in [0.05, 0.1) is 37.9 Å². The molecule has 0 saturated carbocycles. The summed E-state index contributed by atoms with van der Waals surface area (Å²) in [5.41, 5.74) is 0.730. The van der Waals surface area contributed by atoms with E-state index in [1.165, 1.54) is 42.5 Å². The van der Waals surface area contributed by atoms with Gasteiger partial charge < -0.3 is 37.9 Å². The van der Waals surface area contributed by atoms with Crippen LogP contribution in [0, 0.1) is 12.8 Å². The van der Waals surface area contributed by atoms with Gasteiger partial charge in [-0.2, -0.15) is 0 Å². The molecule has 0 radical (unpaired) electrons. The van der Waals surface area contributed by atoms with Crippen LogP contribution in [0.3, 0.4) is 0 Å². The van der Waals surface area contributed by atoms with Crippen LogP contribution in [0.4, 0.5) is 9.59 Å². The quantitative estimate of drug-likeness (QED) is 0.0356. The third-order valence-electron chi connectivity index (χ3n) is 6.54. The number of ether oxygens (including phenoxy) is 8. The van der Waals surface area contributed by atoms with Gasteiger partial charge in [-0.25, -0.2) is 19.2 Å². The second-order valence-corrected chi connectivity index (χ2v) is 10.2. The van der Waals surface area contributed by atoms with E-state index in [-0.39, 0.29) is 61.4 Å². The van der Waals surface area contributed by atoms with Crippen molar-refractivity contribution in [3.05, 3.63) is 90.2 Å². The van der Waals surface area contributed by atoms with Gasteiger partial charge in [0.25, 0.3) is 6.47 Å². The summed E-state index contributed by atoms with van der Waals surface area (Å²) in [6.45, 7) is 5.92. The Balaban J connectivity index is 1.38. The number of rotatable bonds is 18. The molecule has 0 saturated heterocycles. The monoisotopic (exact) mass is 680 g/mol. The van der Waals surface area contributed by atoms with Gasteiger partial charge in [-0.1, -0.05) is 12.7 Å². The Hall–Kier alpha value is -5.92. The molecule has 2 aromatic carbocycles. The smallest absolute Gasteiger partial charge is 0.468 e. The van der Waals surface area contributed by atoms with E-state index >= 15 is 0 Å². The third-order valence-corrected chi connectivity index (χ3v) is 6.54. The highest BCUT2D eigenvalue weighted by atomic mass is 16.7. The van der Waals surface area contributed by atoms with E-state index in [4.69, 9.17) is 33.2 Å². The Morgan fingerprint density at radius 1 is 0.776 bits per heavy atom. The number of carbonyl (C=O) groups is 6. The number of benzene rings is 2. The highest BCUT2D eigenvalue weighted by Crippen LogP contribution is 2.27. The fraction of sp³-hybridized carbons (Fsp3) is 0.314. The molecule has 1 aliphatic rings. The zero-order valence-corrected chi connectivity index (χ0v) is 26.8. The van der Waals surface area contributed by atoms with Crippen LogP contribution in [0.2, 0.25) is 0 Å². The number of allylic oxidation sites excluding steroid dienone is 2. The van der Waals surface area contributed by atoms with Gasteiger partial charge in [0.15, 0.2) is 0 Å². The molecule has 0 heterocycles. The number of aryl methyl sites for hydroxylation is 1. The molecular weight excluding hydrogens is 644 g/mol. The lowest BCUT2D eigenvalue weighted by Gasteiger charge is -2.16. The highest BCUT2D eigenvalue weighted by molar-refractivity contribution is 5.91. The van der Waals surface area contributed by atoms with Gasteiger partial charge in [-0.3, -0.25) is 9.59 Å². The molecule has 0 spiro atoms. The fourth-order valence-electron chi connectivity index (χ4n) is 3.99. The van der Waals surface area contributed by atoms with Crippen molar-refractivity contribution in [1.29, 1.82) is 0 Å². The molecule has 1 atom stereocenters. The summed E-state index contributed by atoms with van der Waals surface area (Å²) in [6.07, 6.45) is 6.09. The molecule has 0 amide bonds. The topological polar surface area (TPSA) is 176 Å². The Morgan fingerprint density at radius 3 is 2.02 bits per heavy atom. The zero-order valence-electron chi connectivity index (χ0n) is 26.8. The Labute approximate surface area is 282 Å². The van der Waals surface area contributed by atoms with Crippen LogP contribution in [0.15, 0.2) is 79.1 Å². The minimum Gasteiger partial charge on any atom is -0.468 e. The van der Waals surface area contributed by atoms with Gasteiger partial charge >= 0.3 is 30.2 Å². The van der Waals surface area contributed by atoms with Crippen LogP contribution in [0.1, 0.15) is 48.0 Å². The number of carbonyl (C=O) groups excluding carboxylic acids is 6. The molecule has 1 unspecified atom stereocenters. The number of hydrogen-bond acceptors (Lipinski definition) is 14. The second kappa shape index (κ2) is 20.3. The van der Waals surface area contributed by atoms with Crippen molar-refractivity contribution in [1.82, 2.24) is 0 Å². The van der Waals surface area contributed by atoms with Crippen molar-refractivity contribution in [2.24, 2.45) is 5.92 Å². The molecule has 0 N–H and O–H groups in total. The van der Waals surface area contributed by atoms with Crippen molar-refractivity contribution in [2.45, 2.75) is 39.0 Å². The largest absolute Gasteiger partial charge is 0.513 e. The maximum Gasteiger partial charge on any atom is 0.513 e. The van der Waals surface area contributed by atoms with Crippen LogP contribution >= 0.6 is 0 Å². The van der Waals surface area contributed by atoms with Crippen LogP contribution < -0.4 is 14.2 Å². The first-order valence-corrected chi connectivity index (χ1v) is 15.2. The third kappa shape index (κ3) is 13.8. The molecule has 49 heavy (non-hydrogen) atoms. The summed E-state index contributed by atoms with van der Waals surface area (Å²) in [5.74, 6) is -1.45. The maximum atomic E-state index is 12.7. The molecule has 0 bridgehead atoms. The van der Waals surface area contributed by atoms with E-state index in [1.807, 2.05) is 0 Å². The second-order valence-electron chi connectivity index (χ2n) is 10.2. The Kier molecular flexibility index (Phi) is 15.6. The average Bonchev–Trinajstić information content (AvgIpc) is 3.09. The molecule has 1 aliphatic carbocycles. The van der Waals surface area contributed by atoms with Gasteiger partial charge in [0.1, 0.15) is 23.0 Å². The summed E-state index contributed by atoms with van der Waals surface area (Å²) >= 11 is 0. The van der Waals surface area contributed by atoms with Crippen molar-refractivity contribution in [3.8, 4) is 17.2 Å². The minimum atomic E-state index is -0.911. The molecular formula is C35H36O14. The fourth-order valence-corrected chi connectivity index (χ4v) is 3.99. The zero-order chi connectivity index (χ0) is 35.4. The molecule has 14 heteroatoms. The molecule has 3 rings (SSSR count). The molecule has 14 nitrogen and oxygen atoms in total.